The van der Waals surface area contributed by atoms with E-state index in [9.17, 15) is 9.90 Å². The summed E-state index contributed by atoms with van der Waals surface area (Å²) in [4.78, 5) is 15.9. The number of hydrogen-bond acceptors (Lipinski definition) is 3. The van der Waals surface area contributed by atoms with Gasteiger partial charge in [-0.25, -0.2) is 0 Å². The third kappa shape index (κ3) is 2.30. The van der Waals surface area contributed by atoms with Gasteiger partial charge >= 0.3 is 0 Å². The molecule has 102 valence electrons. The average Bonchev–Trinajstić information content (AvgIpc) is 2.80. The van der Waals surface area contributed by atoms with Crippen LogP contribution in [0.1, 0.15) is 18.4 Å². The Labute approximate surface area is 117 Å². The third-order valence-corrected chi connectivity index (χ3v) is 4.29. The predicted octanol–water partition coefficient (Wildman–Crippen LogP) is 1.64. The van der Waals surface area contributed by atoms with Gasteiger partial charge < -0.3 is 14.9 Å². The second kappa shape index (κ2) is 5.02. The first-order chi connectivity index (χ1) is 9.19. The van der Waals surface area contributed by atoms with Crippen molar-refractivity contribution < 1.29 is 9.90 Å². The topological polar surface area (TPSA) is 43.8 Å². The maximum absolute atomic E-state index is 11.7. The minimum absolute atomic E-state index is 0.0102. The average molecular weight is 281 g/mol. The molecule has 4 nitrogen and oxygen atoms in total. The molecule has 0 spiro atoms. The molecule has 1 aromatic carbocycles. The Morgan fingerprint density at radius 3 is 3.00 bits per heavy atom. The molecule has 0 bridgehead atoms. The summed E-state index contributed by atoms with van der Waals surface area (Å²) in [5.74, 6) is 0.276. The number of aliphatic hydroxyl groups excluding tert-OH is 1. The second-order valence-corrected chi connectivity index (χ2v) is 5.59. The SMILES string of the molecule is O=C1CCC2CN(c3cc(Cl)ccc3CO)CCN12. The number of fused-ring (bicyclic) bond motifs is 1. The molecule has 0 radical (unpaired) electrons. The van der Waals surface area contributed by atoms with E-state index in [0.717, 1.165) is 37.3 Å². The van der Waals surface area contributed by atoms with E-state index in [1.54, 1.807) is 6.07 Å². The smallest absolute Gasteiger partial charge is 0.223 e. The van der Waals surface area contributed by atoms with E-state index in [0.29, 0.717) is 17.5 Å². The minimum atomic E-state index is 0.0102. The number of aliphatic hydroxyl groups is 1. The number of amides is 1. The molecule has 1 amide bonds. The van der Waals surface area contributed by atoms with Crippen LogP contribution in [0, 0.1) is 0 Å². The van der Waals surface area contributed by atoms with Gasteiger partial charge in [-0.15, -0.1) is 0 Å². The zero-order chi connectivity index (χ0) is 13.4. The monoisotopic (exact) mass is 280 g/mol. The van der Waals surface area contributed by atoms with Crippen LogP contribution in [0.25, 0.3) is 0 Å². The van der Waals surface area contributed by atoms with Gasteiger partial charge in [0.25, 0.3) is 0 Å². The van der Waals surface area contributed by atoms with E-state index >= 15 is 0 Å². The largest absolute Gasteiger partial charge is 0.392 e. The molecule has 2 aliphatic heterocycles. The Bertz CT molecular complexity index is 506. The molecule has 1 atom stereocenters. The van der Waals surface area contributed by atoms with E-state index < -0.39 is 0 Å². The van der Waals surface area contributed by atoms with Crippen LogP contribution >= 0.6 is 11.6 Å². The van der Waals surface area contributed by atoms with Crippen LogP contribution in [-0.4, -0.2) is 41.6 Å². The van der Waals surface area contributed by atoms with Crippen LogP contribution < -0.4 is 4.90 Å². The molecule has 1 aromatic rings. The minimum Gasteiger partial charge on any atom is -0.392 e. The highest BCUT2D eigenvalue weighted by Gasteiger charge is 2.35. The standard InChI is InChI=1S/C14H17ClN2O2/c15-11-2-1-10(9-18)13(7-11)16-5-6-17-12(8-16)3-4-14(17)19/h1-2,7,12,18H,3-6,8-9H2. The van der Waals surface area contributed by atoms with Gasteiger partial charge in [-0.3, -0.25) is 4.79 Å². The lowest BCUT2D eigenvalue weighted by atomic mass is 10.1. The molecule has 1 unspecified atom stereocenters. The molecule has 2 aliphatic rings. The first kappa shape index (κ1) is 12.8. The normalized spacial score (nSPS) is 22.8. The number of nitrogens with zero attached hydrogens (tertiary/aromatic N) is 2. The lowest BCUT2D eigenvalue weighted by molar-refractivity contribution is -0.129. The molecule has 0 aliphatic carbocycles. The van der Waals surface area contributed by atoms with E-state index in [1.807, 2.05) is 17.0 Å². The number of halogens is 1. The van der Waals surface area contributed by atoms with E-state index in [4.69, 9.17) is 11.6 Å². The van der Waals surface area contributed by atoms with Gasteiger partial charge in [-0.05, 0) is 18.6 Å². The zero-order valence-electron chi connectivity index (χ0n) is 10.7. The van der Waals surface area contributed by atoms with Crippen LogP contribution in [0.15, 0.2) is 18.2 Å². The number of carbonyl (C=O) groups excluding carboxylic acids is 1. The van der Waals surface area contributed by atoms with Crippen LogP contribution in [0.3, 0.4) is 0 Å². The number of anilines is 1. The number of benzene rings is 1. The van der Waals surface area contributed by atoms with Gasteiger partial charge in [0.15, 0.2) is 0 Å². The molecule has 2 heterocycles. The summed E-state index contributed by atoms with van der Waals surface area (Å²) < 4.78 is 0. The highest BCUT2D eigenvalue weighted by atomic mass is 35.5. The van der Waals surface area contributed by atoms with Gasteiger partial charge in [-0.2, -0.15) is 0 Å². The van der Waals surface area contributed by atoms with Gasteiger partial charge in [0.05, 0.1) is 6.61 Å². The fourth-order valence-electron chi connectivity index (χ4n) is 3.05. The molecule has 2 saturated heterocycles. The van der Waals surface area contributed by atoms with Gasteiger partial charge in [-0.1, -0.05) is 17.7 Å². The van der Waals surface area contributed by atoms with Crippen molar-refractivity contribution in [2.24, 2.45) is 0 Å². The lowest BCUT2D eigenvalue weighted by Crippen LogP contribution is -2.51. The Hall–Kier alpha value is -1.26. The molecule has 1 N–H and O–H groups in total. The van der Waals surface area contributed by atoms with Crippen LogP contribution in [0.5, 0.6) is 0 Å². The maximum Gasteiger partial charge on any atom is 0.223 e. The first-order valence-corrected chi connectivity index (χ1v) is 7.00. The molecule has 0 saturated carbocycles. The summed E-state index contributed by atoms with van der Waals surface area (Å²) in [7, 11) is 0. The second-order valence-electron chi connectivity index (χ2n) is 5.16. The highest BCUT2D eigenvalue weighted by molar-refractivity contribution is 6.30. The van der Waals surface area contributed by atoms with E-state index in [-0.39, 0.29) is 12.5 Å². The van der Waals surface area contributed by atoms with Crippen molar-refractivity contribution in [3.8, 4) is 0 Å². The van der Waals surface area contributed by atoms with E-state index in [2.05, 4.69) is 4.90 Å². The predicted molar refractivity (Wildman–Crippen MR) is 74.3 cm³/mol. The Kier molecular flexibility index (Phi) is 3.37. The van der Waals surface area contributed by atoms with Crippen molar-refractivity contribution in [1.29, 1.82) is 0 Å². The summed E-state index contributed by atoms with van der Waals surface area (Å²) in [6, 6.07) is 5.88. The van der Waals surface area contributed by atoms with E-state index in [1.165, 1.54) is 0 Å². The summed E-state index contributed by atoms with van der Waals surface area (Å²) in [5, 5.41) is 10.1. The molecule has 0 aromatic heterocycles. The summed E-state index contributed by atoms with van der Waals surface area (Å²) in [6.45, 7) is 2.41. The number of rotatable bonds is 2. The quantitative estimate of drug-likeness (QED) is 0.896. The summed E-state index contributed by atoms with van der Waals surface area (Å²) in [6.07, 6.45) is 1.60. The van der Waals surface area contributed by atoms with Gasteiger partial charge in [0.1, 0.15) is 0 Å². The van der Waals surface area contributed by atoms with Gasteiger partial charge in [0, 0.05) is 48.4 Å². The summed E-state index contributed by atoms with van der Waals surface area (Å²) in [5.41, 5.74) is 1.89. The third-order valence-electron chi connectivity index (χ3n) is 4.05. The van der Waals surface area contributed by atoms with Crippen molar-refractivity contribution in [3.63, 3.8) is 0 Å². The Morgan fingerprint density at radius 2 is 2.21 bits per heavy atom. The molecule has 19 heavy (non-hydrogen) atoms. The van der Waals surface area contributed by atoms with Crippen LogP contribution in [-0.2, 0) is 11.4 Å². The fourth-order valence-corrected chi connectivity index (χ4v) is 3.21. The lowest BCUT2D eigenvalue weighted by Gasteiger charge is -2.39. The molecule has 3 rings (SSSR count). The van der Waals surface area contributed by atoms with Crippen molar-refractivity contribution in [2.75, 3.05) is 24.5 Å². The summed E-state index contributed by atoms with van der Waals surface area (Å²) >= 11 is 6.05. The fraction of sp³-hybridized carbons (Fsp3) is 0.500. The molecular weight excluding hydrogens is 264 g/mol. The van der Waals surface area contributed by atoms with Crippen molar-refractivity contribution in [1.82, 2.24) is 4.90 Å². The maximum atomic E-state index is 11.7. The highest BCUT2D eigenvalue weighted by Crippen LogP contribution is 2.30. The van der Waals surface area contributed by atoms with Crippen molar-refractivity contribution in [2.45, 2.75) is 25.5 Å². The van der Waals surface area contributed by atoms with Crippen molar-refractivity contribution >= 4 is 23.2 Å². The van der Waals surface area contributed by atoms with Crippen LogP contribution in [0.4, 0.5) is 5.69 Å². The van der Waals surface area contributed by atoms with Gasteiger partial charge in [0.2, 0.25) is 5.91 Å². The first-order valence-electron chi connectivity index (χ1n) is 6.63. The van der Waals surface area contributed by atoms with Crippen LogP contribution in [0.2, 0.25) is 5.02 Å². The Balaban J connectivity index is 1.84. The molecular formula is C14H17ClN2O2. The zero-order valence-corrected chi connectivity index (χ0v) is 11.4. The Morgan fingerprint density at radius 1 is 1.37 bits per heavy atom. The van der Waals surface area contributed by atoms with Crippen molar-refractivity contribution in [3.05, 3.63) is 28.8 Å². The number of piperazine rings is 1. The number of hydrogen-bond donors (Lipinski definition) is 1. The molecule has 2 fully saturated rings. The number of carbonyl (C=O) groups is 1. The molecule has 5 heteroatoms.